The summed E-state index contributed by atoms with van der Waals surface area (Å²) < 4.78 is 18.4. The lowest BCUT2D eigenvalue weighted by Gasteiger charge is -2.09. The number of hydrogen-bond acceptors (Lipinski definition) is 2. The summed E-state index contributed by atoms with van der Waals surface area (Å²) in [5.41, 5.74) is 1.85. The topological polar surface area (TPSA) is 22.1 Å². The highest BCUT2D eigenvalue weighted by molar-refractivity contribution is 6.32. The monoisotopic (exact) mass is 251 g/mol. The Morgan fingerprint density at radius 1 is 1.12 bits per heavy atom. The zero-order chi connectivity index (χ0) is 12.4. The predicted octanol–water partition coefficient (Wildman–Crippen LogP) is 4.28. The molecule has 0 amide bonds. The van der Waals surface area contributed by atoms with Gasteiger partial charge in [-0.2, -0.15) is 4.39 Å². The van der Waals surface area contributed by atoms with Crippen LogP contribution in [0.15, 0.2) is 30.5 Å². The second kappa shape index (κ2) is 4.72. The van der Waals surface area contributed by atoms with Crippen LogP contribution in [0.25, 0.3) is 0 Å². The molecule has 0 aliphatic heterocycles. The summed E-state index contributed by atoms with van der Waals surface area (Å²) in [4.78, 5) is 3.46. The van der Waals surface area contributed by atoms with Crippen molar-refractivity contribution in [1.82, 2.24) is 4.98 Å². The van der Waals surface area contributed by atoms with Crippen LogP contribution in [0.2, 0.25) is 5.02 Å². The molecular formula is C13H11ClFNO. The minimum absolute atomic E-state index is 0.415. The first-order chi connectivity index (χ1) is 8.06. The zero-order valence-electron chi connectivity index (χ0n) is 9.50. The molecule has 4 heteroatoms. The van der Waals surface area contributed by atoms with E-state index in [1.807, 2.05) is 26.0 Å². The van der Waals surface area contributed by atoms with E-state index in [-0.39, 0.29) is 0 Å². The van der Waals surface area contributed by atoms with Crippen molar-refractivity contribution in [2.45, 2.75) is 13.8 Å². The molecule has 0 atom stereocenters. The molecule has 0 aliphatic carbocycles. The Labute approximate surface area is 104 Å². The van der Waals surface area contributed by atoms with Crippen LogP contribution in [0, 0.1) is 19.8 Å². The first kappa shape index (κ1) is 11.9. The number of aromatic nitrogens is 1. The van der Waals surface area contributed by atoms with Gasteiger partial charge >= 0.3 is 0 Å². The minimum Gasteiger partial charge on any atom is -0.457 e. The molecule has 0 radical (unpaired) electrons. The Hall–Kier alpha value is -1.61. The maximum absolute atomic E-state index is 12.9. The Bertz CT molecular complexity index is 534. The van der Waals surface area contributed by atoms with Crippen LogP contribution in [0.5, 0.6) is 11.5 Å². The fraction of sp³-hybridized carbons (Fsp3) is 0.154. The van der Waals surface area contributed by atoms with E-state index in [2.05, 4.69) is 4.98 Å². The van der Waals surface area contributed by atoms with Crippen LogP contribution < -0.4 is 4.74 Å². The Balaban J connectivity index is 2.31. The fourth-order valence-corrected chi connectivity index (χ4v) is 1.66. The molecule has 17 heavy (non-hydrogen) atoms. The first-order valence-corrected chi connectivity index (χ1v) is 5.50. The molecule has 88 valence electrons. The summed E-state index contributed by atoms with van der Waals surface area (Å²) in [6, 6.07) is 6.46. The average molecular weight is 252 g/mol. The molecule has 0 aliphatic rings. The summed E-state index contributed by atoms with van der Waals surface area (Å²) in [6.45, 7) is 3.80. The van der Waals surface area contributed by atoms with Crippen LogP contribution >= 0.6 is 11.6 Å². The van der Waals surface area contributed by atoms with E-state index < -0.39 is 5.95 Å². The fourth-order valence-electron chi connectivity index (χ4n) is 1.55. The Morgan fingerprint density at radius 2 is 1.76 bits per heavy atom. The van der Waals surface area contributed by atoms with E-state index in [0.29, 0.717) is 11.5 Å². The average Bonchev–Trinajstić information content (AvgIpc) is 2.26. The van der Waals surface area contributed by atoms with Gasteiger partial charge in [-0.3, -0.25) is 0 Å². The molecule has 0 bridgehead atoms. The summed E-state index contributed by atoms with van der Waals surface area (Å²) in [6.07, 6.45) is 1.36. The van der Waals surface area contributed by atoms with Gasteiger partial charge in [0, 0.05) is 17.3 Å². The zero-order valence-corrected chi connectivity index (χ0v) is 10.3. The van der Waals surface area contributed by atoms with Crippen molar-refractivity contribution in [3.05, 3.63) is 52.6 Å². The van der Waals surface area contributed by atoms with Crippen molar-refractivity contribution in [3.63, 3.8) is 0 Å². The number of halogens is 2. The van der Waals surface area contributed by atoms with E-state index >= 15 is 0 Å². The summed E-state index contributed by atoms with van der Waals surface area (Å²) in [7, 11) is 0. The van der Waals surface area contributed by atoms with Gasteiger partial charge in [0.1, 0.15) is 11.5 Å². The number of pyridine rings is 1. The van der Waals surface area contributed by atoms with E-state index in [1.165, 1.54) is 12.3 Å². The highest BCUT2D eigenvalue weighted by Gasteiger charge is 2.05. The quantitative estimate of drug-likeness (QED) is 0.743. The van der Waals surface area contributed by atoms with Gasteiger partial charge in [-0.25, -0.2) is 4.98 Å². The molecule has 0 saturated carbocycles. The first-order valence-electron chi connectivity index (χ1n) is 5.12. The van der Waals surface area contributed by atoms with Crippen molar-refractivity contribution < 1.29 is 9.13 Å². The van der Waals surface area contributed by atoms with Crippen LogP contribution in [0.4, 0.5) is 4.39 Å². The Kier molecular flexibility index (Phi) is 3.29. The maximum atomic E-state index is 12.9. The summed E-state index contributed by atoms with van der Waals surface area (Å²) in [5.74, 6) is 0.485. The van der Waals surface area contributed by atoms with Crippen molar-refractivity contribution in [2.75, 3.05) is 0 Å². The predicted molar refractivity (Wildman–Crippen MR) is 65.2 cm³/mol. The molecule has 0 N–H and O–H groups in total. The number of hydrogen-bond donors (Lipinski definition) is 0. The Morgan fingerprint density at radius 3 is 2.35 bits per heavy atom. The number of ether oxygens (including phenoxy) is 1. The summed E-state index contributed by atoms with van der Waals surface area (Å²) in [5, 5.41) is 0.721. The van der Waals surface area contributed by atoms with Crippen LogP contribution in [-0.4, -0.2) is 4.98 Å². The van der Waals surface area contributed by atoms with E-state index in [0.717, 1.165) is 16.1 Å². The molecule has 2 rings (SSSR count). The van der Waals surface area contributed by atoms with Gasteiger partial charge in [0.05, 0.1) is 0 Å². The second-order valence-corrected chi connectivity index (χ2v) is 4.17. The molecule has 1 heterocycles. The van der Waals surface area contributed by atoms with Crippen molar-refractivity contribution >= 4 is 11.6 Å². The molecule has 2 nitrogen and oxygen atoms in total. The molecule has 0 fully saturated rings. The molecule has 0 saturated heterocycles. The number of aryl methyl sites for hydroxylation is 2. The number of rotatable bonds is 2. The van der Waals surface area contributed by atoms with Gasteiger partial charge in [0.2, 0.25) is 5.95 Å². The molecular weight excluding hydrogens is 241 g/mol. The van der Waals surface area contributed by atoms with Crippen molar-refractivity contribution in [2.24, 2.45) is 0 Å². The molecule has 0 unspecified atom stereocenters. The van der Waals surface area contributed by atoms with Crippen LogP contribution in [0.3, 0.4) is 0 Å². The van der Waals surface area contributed by atoms with Gasteiger partial charge in [-0.1, -0.05) is 11.6 Å². The summed E-state index contributed by atoms with van der Waals surface area (Å²) >= 11 is 6.05. The van der Waals surface area contributed by atoms with Gasteiger partial charge in [0.15, 0.2) is 0 Å². The van der Waals surface area contributed by atoms with Gasteiger partial charge < -0.3 is 4.74 Å². The van der Waals surface area contributed by atoms with Crippen LogP contribution in [-0.2, 0) is 0 Å². The van der Waals surface area contributed by atoms with Crippen LogP contribution in [0.1, 0.15) is 11.1 Å². The van der Waals surface area contributed by atoms with Gasteiger partial charge in [-0.05, 0) is 43.2 Å². The lowest BCUT2D eigenvalue weighted by molar-refractivity contribution is 0.471. The van der Waals surface area contributed by atoms with E-state index in [4.69, 9.17) is 16.3 Å². The third kappa shape index (κ3) is 2.74. The van der Waals surface area contributed by atoms with Crippen molar-refractivity contribution in [1.29, 1.82) is 0 Å². The smallest absolute Gasteiger partial charge is 0.216 e. The number of nitrogens with zero attached hydrogens (tertiary/aromatic N) is 1. The van der Waals surface area contributed by atoms with E-state index in [9.17, 15) is 4.39 Å². The SMILES string of the molecule is Cc1cc(Oc2ccnc(F)c2)cc(C)c1Cl. The van der Waals surface area contributed by atoms with Gasteiger partial charge in [0.25, 0.3) is 0 Å². The molecule has 0 spiro atoms. The molecule has 1 aromatic heterocycles. The lowest BCUT2D eigenvalue weighted by Crippen LogP contribution is -1.90. The standard InChI is InChI=1S/C13H11ClFNO/c1-8-5-11(6-9(2)13(8)14)17-10-3-4-16-12(15)7-10/h3-7H,1-2H3. The molecule has 2 aromatic rings. The lowest BCUT2D eigenvalue weighted by atomic mass is 10.1. The highest BCUT2D eigenvalue weighted by atomic mass is 35.5. The number of benzene rings is 1. The maximum Gasteiger partial charge on any atom is 0.216 e. The highest BCUT2D eigenvalue weighted by Crippen LogP contribution is 2.29. The third-order valence-corrected chi connectivity index (χ3v) is 2.94. The third-order valence-electron chi connectivity index (χ3n) is 2.34. The molecule has 1 aromatic carbocycles. The normalized spacial score (nSPS) is 10.4. The van der Waals surface area contributed by atoms with Gasteiger partial charge in [-0.15, -0.1) is 0 Å². The van der Waals surface area contributed by atoms with Crippen molar-refractivity contribution in [3.8, 4) is 11.5 Å². The minimum atomic E-state index is -0.565. The largest absolute Gasteiger partial charge is 0.457 e. The second-order valence-electron chi connectivity index (χ2n) is 3.79. The van der Waals surface area contributed by atoms with E-state index in [1.54, 1.807) is 6.07 Å².